The molecular weight excluding hydrogens is 410 g/mol. The third-order valence-electron chi connectivity index (χ3n) is 6.08. The fourth-order valence-electron chi connectivity index (χ4n) is 4.51. The minimum atomic E-state index is 0.449. The fraction of sp³-hybridized carbons (Fsp3) is 0.214. The first-order valence-corrected chi connectivity index (χ1v) is 11.1. The van der Waals surface area contributed by atoms with Crippen LogP contribution in [-0.2, 0) is 13.2 Å². The molecule has 1 aliphatic rings. The van der Waals surface area contributed by atoms with Crippen LogP contribution in [0.3, 0.4) is 0 Å². The van der Waals surface area contributed by atoms with Crippen molar-refractivity contribution in [2.75, 3.05) is 6.61 Å². The smallest absolute Gasteiger partial charge is 0.297 e. The van der Waals surface area contributed by atoms with Gasteiger partial charge in [0.1, 0.15) is 12.4 Å². The van der Waals surface area contributed by atoms with Crippen molar-refractivity contribution in [1.82, 2.24) is 9.55 Å². The van der Waals surface area contributed by atoms with Gasteiger partial charge in [0.05, 0.1) is 30.3 Å². The Labute approximate surface area is 193 Å². The van der Waals surface area contributed by atoms with Crippen LogP contribution in [0.2, 0.25) is 0 Å². The molecule has 0 saturated heterocycles. The summed E-state index contributed by atoms with van der Waals surface area (Å²) in [5.41, 5.74) is 8.94. The van der Waals surface area contributed by atoms with Crippen LogP contribution in [-0.4, -0.2) is 16.2 Å². The minimum absolute atomic E-state index is 0.449. The molecule has 1 aliphatic heterocycles. The van der Waals surface area contributed by atoms with Crippen molar-refractivity contribution in [3.63, 3.8) is 0 Å². The second-order valence-corrected chi connectivity index (χ2v) is 8.24. The summed E-state index contributed by atoms with van der Waals surface area (Å²) >= 11 is 0. The Balaban J connectivity index is 1.60. The van der Waals surface area contributed by atoms with Gasteiger partial charge in [-0.1, -0.05) is 42.5 Å². The Hall–Kier alpha value is -4.04. The number of nitriles is 1. The molecule has 164 valence electrons. The molecular formula is C28H25N3O2. The lowest BCUT2D eigenvalue weighted by Crippen LogP contribution is -2.06. The number of fused-ring (bicyclic) bond motifs is 3. The van der Waals surface area contributed by atoms with Crippen LogP contribution in [0.4, 0.5) is 0 Å². The number of rotatable bonds is 4. The van der Waals surface area contributed by atoms with E-state index in [0.29, 0.717) is 31.3 Å². The molecule has 5 nitrogen and oxygen atoms in total. The number of allylic oxidation sites excluding steroid dienone is 1. The topological polar surface area (TPSA) is 60.1 Å². The number of nitrogens with zero attached hydrogens (tertiary/aromatic N) is 3. The summed E-state index contributed by atoms with van der Waals surface area (Å²) in [5.74, 6) is 0.801. The predicted octanol–water partition coefficient (Wildman–Crippen LogP) is 6.03. The van der Waals surface area contributed by atoms with Crippen LogP contribution >= 0.6 is 0 Å². The molecule has 3 aromatic carbocycles. The van der Waals surface area contributed by atoms with Gasteiger partial charge in [0.2, 0.25) is 0 Å². The summed E-state index contributed by atoms with van der Waals surface area (Å²) in [6.45, 7) is 7.54. The number of hydrogen-bond acceptors (Lipinski definition) is 4. The summed E-state index contributed by atoms with van der Waals surface area (Å²) in [4.78, 5) is 4.75. The van der Waals surface area contributed by atoms with E-state index in [1.54, 1.807) is 0 Å². The number of benzene rings is 3. The van der Waals surface area contributed by atoms with Gasteiger partial charge in [-0.05, 0) is 61.2 Å². The van der Waals surface area contributed by atoms with E-state index in [2.05, 4.69) is 54.0 Å². The van der Waals surface area contributed by atoms with Crippen molar-refractivity contribution >= 4 is 16.6 Å². The lowest BCUT2D eigenvalue weighted by molar-refractivity contribution is 0.301. The van der Waals surface area contributed by atoms with E-state index in [1.165, 1.54) is 0 Å². The number of hydrogen-bond donors (Lipinski definition) is 0. The molecule has 0 saturated carbocycles. The number of aromatic nitrogens is 2. The largest absolute Gasteiger partial charge is 0.488 e. The molecule has 0 spiro atoms. The van der Waals surface area contributed by atoms with Crippen LogP contribution in [0.25, 0.3) is 16.6 Å². The monoisotopic (exact) mass is 435 g/mol. The molecule has 0 bridgehead atoms. The summed E-state index contributed by atoms with van der Waals surface area (Å²) in [6.07, 6.45) is 0. The van der Waals surface area contributed by atoms with E-state index >= 15 is 0 Å². The molecule has 33 heavy (non-hydrogen) atoms. The normalized spacial score (nSPS) is 14.0. The first-order valence-electron chi connectivity index (χ1n) is 11.1. The van der Waals surface area contributed by atoms with Gasteiger partial charge in [-0.3, -0.25) is 4.57 Å². The minimum Gasteiger partial charge on any atom is -0.488 e. The first kappa shape index (κ1) is 20.8. The van der Waals surface area contributed by atoms with Crippen molar-refractivity contribution in [3.05, 3.63) is 94.1 Å². The van der Waals surface area contributed by atoms with Crippen molar-refractivity contribution in [2.45, 2.75) is 33.9 Å². The first-order chi connectivity index (χ1) is 16.1. The highest BCUT2D eigenvalue weighted by molar-refractivity contribution is 5.88. The Morgan fingerprint density at radius 1 is 1.12 bits per heavy atom. The molecule has 2 heterocycles. The van der Waals surface area contributed by atoms with E-state index < -0.39 is 0 Å². The van der Waals surface area contributed by atoms with Crippen molar-refractivity contribution in [3.8, 4) is 17.8 Å². The van der Waals surface area contributed by atoms with Crippen molar-refractivity contribution in [2.24, 2.45) is 0 Å². The maximum absolute atomic E-state index is 9.69. The lowest BCUT2D eigenvalue weighted by Gasteiger charge is -2.14. The number of para-hydroxylation sites is 2. The van der Waals surface area contributed by atoms with Crippen LogP contribution in [0.5, 0.6) is 11.8 Å². The van der Waals surface area contributed by atoms with E-state index in [1.807, 2.05) is 38.1 Å². The third kappa shape index (κ3) is 3.64. The van der Waals surface area contributed by atoms with Crippen LogP contribution < -0.4 is 9.47 Å². The van der Waals surface area contributed by atoms with Gasteiger partial charge in [-0.2, -0.15) is 10.2 Å². The fourth-order valence-corrected chi connectivity index (χ4v) is 4.51. The van der Waals surface area contributed by atoms with E-state index in [4.69, 9.17) is 14.5 Å². The lowest BCUT2D eigenvalue weighted by atomic mass is 9.90. The van der Waals surface area contributed by atoms with Gasteiger partial charge in [0.15, 0.2) is 0 Å². The molecule has 1 aromatic heterocycles. The van der Waals surface area contributed by atoms with Gasteiger partial charge in [0, 0.05) is 16.7 Å². The van der Waals surface area contributed by atoms with Crippen LogP contribution in [0.1, 0.15) is 41.7 Å². The average molecular weight is 436 g/mol. The molecule has 0 unspecified atom stereocenters. The third-order valence-corrected chi connectivity index (χ3v) is 6.08. The Morgan fingerprint density at radius 3 is 2.79 bits per heavy atom. The van der Waals surface area contributed by atoms with Gasteiger partial charge in [-0.25, -0.2) is 0 Å². The molecule has 5 heteroatoms. The molecule has 4 aromatic rings. The summed E-state index contributed by atoms with van der Waals surface area (Å²) in [6, 6.07) is 23.5. The zero-order valence-electron chi connectivity index (χ0n) is 19.1. The molecule has 0 fully saturated rings. The maximum atomic E-state index is 9.69. The van der Waals surface area contributed by atoms with Crippen molar-refractivity contribution in [1.29, 1.82) is 5.26 Å². The van der Waals surface area contributed by atoms with Crippen LogP contribution in [0, 0.1) is 18.3 Å². The summed E-state index contributed by atoms with van der Waals surface area (Å²) < 4.78 is 14.1. The second-order valence-electron chi connectivity index (χ2n) is 8.24. The van der Waals surface area contributed by atoms with Gasteiger partial charge < -0.3 is 9.47 Å². The van der Waals surface area contributed by atoms with E-state index in [0.717, 1.165) is 50.2 Å². The molecule has 0 amide bonds. The quantitative estimate of drug-likeness (QED) is 0.367. The van der Waals surface area contributed by atoms with Gasteiger partial charge in [0.25, 0.3) is 6.01 Å². The van der Waals surface area contributed by atoms with Gasteiger partial charge in [-0.15, -0.1) is 0 Å². The summed E-state index contributed by atoms with van der Waals surface area (Å²) in [7, 11) is 0. The number of ether oxygens (including phenoxy) is 2. The number of imidazole rings is 1. The van der Waals surface area contributed by atoms with E-state index in [9.17, 15) is 5.26 Å². The standard InChI is InChI=1S/C28H25N3O2/c1-4-32-28-30-27-18(2)8-7-10-24(27)31(28)16-20-12-13-22-21(14-20)17-33-25-11-6-5-9-23(25)26(22)19(3)15-29/h5-14H,4,16-17H2,1-3H3/b26-19-. The second kappa shape index (κ2) is 8.48. The highest BCUT2D eigenvalue weighted by Crippen LogP contribution is 2.39. The molecule has 0 aliphatic carbocycles. The zero-order valence-corrected chi connectivity index (χ0v) is 19.1. The Kier molecular flexibility index (Phi) is 5.35. The zero-order chi connectivity index (χ0) is 22.9. The Morgan fingerprint density at radius 2 is 1.97 bits per heavy atom. The van der Waals surface area contributed by atoms with E-state index in [-0.39, 0.29) is 0 Å². The van der Waals surface area contributed by atoms with Gasteiger partial charge >= 0.3 is 0 Å². The average Bonchev–Trinajstić information content (AvgIpc) is 3.08. The maximum Gasteiger partial charge on any atom is 0.297 e. The molecule has 0 N–H and O–H groups in total. The molecule has 5 rings (SSSR count). The summed E-state index contributed by atoms with van der Waals surface area (Å²) in [5, 5.41) is 9.69. The predicted molar refractivity (Wildman–Crippen MR) is 129 cm³/mol. The number of aryl methyl sites for hydroxylation is 1. The SMILES string of the molecule is CCOc1nc2c(C)cccc2n1Cc1ccc2c(c1)COc1ccccc1/C2=C(/C)C#N. The highest BCUT2D eigenvalue weighted by atomic mass is 16.5. The van der Waals surface area contributed by atoms with Crippen molar-refractivity contribution < 1.29 is 9.47 Å². The Bertz CT molecular complexity index is 1440. The molecule has 0 atom stereocenters. The highest BCUT2D eigenvalue weighted by Gasteiger charge is 2.22. The van der Waals surface area contributed by atoms with Crippen LogP contribution in [0.15, 0.2) is 66.2 Å². The molecule has 0 radical (unpaired) electrons.